The smallest absolute Gasteiger partial charge is 0.253 e. The minimum Gasteiger partial charge on any atom is -0.323 e. The highest BCUT2D eigenvalue weighted by atomic mass is 35.5. The summed E-state index contributed by atoms with van der Waals surface area (Å²) in [5, 5.41) is 0.531. The van der Waals surface area contributed by atoms with Crippen molar-refractivity contribution in [1.82, 2.24) is 0 Å². The van der Waals surface area contributed by atoms with Gasteiger partial charge in [-0.25, -0.2) is 8.78 Å². The molecule has 2 N–H and O–H groups in total. The highest BCUT2D eigenvalue weighted by Gasteiger charge is 2.17. The maximum Gasteiger partial charge on any atom is 0.253 e. The zero-order chi connectivity index (χ0) is 10.7. The normalized spacial score (nSPS) is 13.3. The Hall–Kier alpha value is -0.670. The highest BCUT2D eigenvalue weighted by Crippen LogP contribution is 2.22. The Morgan fingerprint density at radius 1 is 1.43 bits per heavy atom. The number of alkyl halides is 2. The van der Waals surface area contributed by atoms with Crippen molar-refractivity contribution in [1.29, 1.82) is 0 Å². The Bertz CT molecular complexity index is 315. The van der Waals surface area contributed by atoms with Gasteiger partial charge in [-0.3, -0.25) is 0 Å². The number of benzene rings is 1. The molecule has 0 aliphatic heterocycles. The van der Waals surface area contributed by atoms with Gasteiger partial charge < -0.3 is 5.73 Å². The van der Waals surface area contributed by atoms with Gasteiger partial charge in [-0.15, -0.1) is 0 Å². The molecule has 0 bridgehead atoms. The molecule has 0 aromatic heterocycles. The fraction of sp³-hybridized carbons (Fsp3) is 0.400. The molecule has 0 aliphatic rings. The summed E-state index contributed by atoms with van der Waals surface area (Å²) in [5.41, 5.74) is 6.82. The van der Waals surface area contributed by atoms with E-state index < -0.39 is 12.5 Å². The van der Waals surface area contributed by atoms with Crippen molar-refractivity contribution in [2.45, 2.75) is 25.8 Å². The Kier molecular flexibility index (Phi) is 3.84. The maximum absolute atomic E-state index is 12.2. The third-order valence-electron chi connectivity index (χ3n) is 2.05. The molecule has 0 aliphatic carbocycles. The molecule has 0 saturated heterocycles. The highest BCUT2D eigenvalue weighted by molar-refractivity contribution is 6.32. The van der Waals surface area contributed by atoms with Crippen molar-refractivity contribution in [3.8, 4) is 0 Å². The number of hydrogen-bond acceptors (Lipinski definition) is 1. The summed E-state index contributed by atoms with van der Waals surface area (Å²) < 4.78 is 24.4. The fourth-order valence-corrected chi connectivity index (χ4v) is 1.41. The second-order valence-corrected chi connectivity index (χ2v) is 3.63. The van der Waals surface area contributed by atoms with Crippen LogP contribution in [0.5, 0.6) is 0 Å². The molecule has 0 heterocycles. The minimum atomic E-state index is -2.51. The van der Waals surface area contributed by atoms with E-state index >= 15 is 0 Å². The summed E-state index contributed by atoms with van der Waals surface area (Å²) in [6.07, 6.45) is -2.40. The third-order valence-corrected chi connectivity index (χ3v) is 2.59. The van der Waals surface area contributed by atoms with Crippen LogP contribution in [0.15, 0.2) is 18.2 Å². The first-order chi connectivity index (χ1) is 6.52. The molecule has 0 saturated carbocycles. The summed E-state index contributed by atoms with van der Waals surface area (Å²) in [4.78, 5) is 0. The van der Waals surface area contributed by atoms with E-state index in [9.17, 15) is 8.78 Å². The quantitative estimate of drug-likeness (QED) is 0.831. The lowest BCUT2D eigenvalue weighted by Crippen LogP contribution is -2.31. The van der Waals surface area contributed by atoms with Crippen LogP contribution < -0.4 is 5.73 Å². The number of aryl methyl sites for hydroxylation is 1. The number of rotatable bonds is 3. The van der Waals surface area contributed by atoms with E-state index in [0.29, 0.717) is 10.6 Å². The molecule has 14 heavy (non-hydrogen) atoms. The van der Waals surface area contributed by atoms with E-state index in [2.05, 4.69) is 0 Å². The Labute approximate surface area is 86.9 Å². The number of hydrogen-bond donors (Lipinski definition) is 1. The standard InChI is InChI=1S/C10H12ClF2N/c1-6-3-2-4-7(9(6)11)5-8(14)10(12)13/h2-4,8,10H,5,14H2,1H3. The van der Waals surface area contributed by atoms with E-state index in [0.717, 1.165) is 5.56 Å². The molecular weight excluding hydrogens is 208 g/mol. The van der Waals surface area contributed by atoms with Gasteiger partial charge in [-0.05, 0) is 24.5 Å². The molecule has 1 nitrogen and oxygen atoms in total. The Balaban J connectivity index is 2.82. The topological polar surface area (TPSA) is 26.0 Å². The first-order valence-corrected chi connectivity index (χ1v) is 4.68. The molecule has 1 unspecified atom stereocenters. The SMILES string of the molecule is Cc1cccc(CC(N)C(F)F)c1Cl. The average Bonchev–Trinajstić information content (AvgIpc) is 2.12. The maximum atomic E-state index is 12.2. The van der Waals surface area contributed by atoms with Crippen LogP contribution in [0, 0.1) is 6.92 Å². The van der Waals surface area contributed by atoms with Crippen molar-refractivity contribution in [3.05, 3.63) is 34.3 Å². The lowest BCUT2D eigenvalue weighted by atomic mass is 10.0. The van der Waals surface area contributed by atoms with Crippen molar-refractivity contribution in [2.24, 2.45) is 5.73 Å². The van der Waals surface area contributed by atoms with Crippen molar-refractivity contribution in [3.63, 3.8) is 0 Å². The molecule has 0 fully saturated rings. The molecule has 0 amide bonds. The summed E-state index contributed by atoms with van der Waals surface area (Å²) in [7, 11) is 0. The van der Waals surface area contributed by atoms with E-state index in [1.54, 1.807) is 12.1 Å². The lowest BCUT2D eigenvalue weighted by molar-refractivity contribution is 0.116. The second-order valence-electron chi connectivity index (χ2n) is 3.25. The first-order valence-electron chi connectivity index (χ1n) is 4.30. The van der Waals surface area contributed by atoms with E-state index in [-0.39, 0.29) is 6.42 Å². The first kappa shape index (κ1) is 11.4. The van der Waals surface area contributed by atoms with Gasteiger partial charge >= 0.3 is 0 Å². The van der Waals surface area contributed by atoms with Crippen molar-refractivity contribution < 1.29 is 8.78 Å². The summed E-state index contributed by atoms with van der Waals surface area (Å²) in [5.74, 6) is 0. The van der Waals surface area contributed by atoms with Gasteiger partial charge in [-0.2, -0.15) is 0 Å². The van der Waals surface area contributed by atoms with Crippen molar-refractivity contribution >= 4 is 11.6 Å². The largest absolute Gasteiger partial charge is 0.323 e. The van der Waals surface area contributed by atoms with Gasteiger partial charge in [0.1, 0.15) is 0 Å². The van der Waals surface area contributed by atoms with Crippen LogP contribution in [0.3, 0.4) is 0 Å². The van der Waals surface area contributed by atoms with Gasteiger partial charge in [0.25, 0.3) is 6.43 Å². The predicted octanol–water partition coefficient (Wildman–Crippen LogP) is 2.78. The van der Waals surface area contributed by atoms with E-state index in [1.165, 1.54) is 0 Å². The van der Waals surface area contributed by atoms with E-state index in [4.69, 9.17) is 17.3 Å². The summed E-state index contributed by atoms with van der Waals surface area (Å²) >= 11 is 5.94. The van der Waals surface area contributed by atoms with Gasteiger partial charge in [0.15, 0.2) is 0 Å². The summed E-state index contributed by atoms with van der Waals surface area (Å²) in [6, 6.07) is 4.20. The second kappa shape index (κ2) is 4.71. The van der Waals surface area contributed by atoms with Gasteiger partial charge in [0.2, 0.25) is 0 Å². The van der Waals surface area contributed by atoms with Crippen molar-refractivity contribution in [2.75, 3.05) is 0 Å². The van der Waals surface area contributed by atoms with Crippen LogP contribution >= 0.6 is 11.6 Å². The molecular formula is C10H12ClF2N. The Morgan fingerprint density at radius 3 is 2.64 bits per heavy atom. The zero-order valence-electron chi connectivity index (χ0n) is 7.81. The third kappa shape index (κ3) is 2.66. The monoisotopic (exact) mass is 219 g/mol. The van der Waals surface area contributed by atoms with Gasteiger partial charge in [0, 0.05) is 5.02 Å². The average molecular weight is 220 g/mol. The van der Waals surface area contributed by atoms with Crippen LogP contribution in [-0.4, -0.2) is 12.5 Å². The van der Waals surface area contributed by atoms with E-state index in [1.807, 2.05) is 13.0 Å². The molecule has 78 valence electrons. The lowest BCUT2D eigenvalue weighted by Gasteiger charge is -2.12. The molecule has 1 rings (SSSR count). The molecule has 0 spiro atoms. The van der Waals surface area contributed by atoms with Crippen LogP contribution in [0.4, 0.5) is 8.78 Å². The number of nitrogens with two attached hydrogens (primary N) is 1. The predicted molar refractivity (Wildman–Crippen MR) is 53.9 cm³/mol. The van der Waals surface area contributed by atoms with Crippen LogP contribution in [-0.2, 0) is 6.42 Å². The molecule has 0 radical (unpaired) electrons. The fourth-order valence-electron chi connectivity index (χ4n) is 1.21. The molecule has 1 aromatic carbocycles. The van der Waals surface area contributed by atoms with Crippen LogP contribution in [0.2, 0.25) is 5.02 Å². The molecule has 1 aromatic rings. The molecule has 1 atom stereocenters. The van der Waals surface area contributed by atoms with Gasteiger partial charge in [-0.1, -0.05) is 29.8 Å². The summed E-state index contributed by atoms with van der Waals surface area (Å²) in [6.45, 7) is 1.83. The van der Waals surface area contributed by atoms with Crippen LogP contribution in [0.1, 0.15) is 11.1 Å². The van der Waals surface area contributed by atoms with Gasteiger partial charge in [0.05, 0.1) is 6.04 Å². The molecule has 4 heteroatoms. The Morgan fingerprint density at radius 2 is 2.07 bits per heavy atom. The number of halogens is 3. The van der Waals surface area contributed by atoms with Crippen LogP contribution in [0.25, 0.3) is 0 Å². The zero-order valence-corrected chi connectivity index (χ0v) is 8.56. The minimum absolute atomic E-state index is 0.109.